The van der Waals surface area contributed by atoms with Gasteiger partial charge in [0.05, 0.1) is 26.5 Å². The fourth-order valence-corrected chi connectivity index (χ4v) is 3.88. The Hall–Kier alpha value is -1.78. The Morgan fingerprint density at radius 3 is 1.85 bits per heavy atom. The van der Waals surface area contributed by atoms with Gasteiger partial charge in [0.25, 0.3) is 0 Å². The third-order valence-corrected chi connectivity index (χ3v) is 5.34. The van der Waals surface area contributed by atoms with Gasteiger partial charge in [-0.15, -0.1) is 0 Å². The zero-order chi connectivity index (χ0) is 14.4. The molecule has 0 bridgehead atoms. The van der Waals surface area contributed by atoms with Gasteiger partial charge in [0, 0.05) is 15.2 Å². The molecule has 0 heterocycles. The van der Waals surface area contributed by atoms with Gasteiger partial charge in [-0.2, -0.15) is 0 Å². The molecular formula is C16H14O2S2. The molecule has 2 atom stereocenters. The molecule has 2 rings (SSSR count). The first-order chi connectivity index (χ1) is 9.72. The molecule has 0 aliphatic rings. The molecule has 0 amide bonds. The van der Waals surface area contributed by atoms with Crippen LogP contribution < -0.4 is 0 Å². The minimum Gasteiger partial charge on any atom is -0.250 e. The molecule has 0 aromatic heterocycles. The summed E-state index contributed by atoms with van der Waals surface area (Å²) in [5.41, 5.74) is 0. The molecule has 2 unspecified atom stereocenters. The highest BCUT2D eigenvalue weighted by Crippen LogP contribution is 2.17. The third-order valence-electron chi connectivity index (χ3n) is 2.57. The predicted molar refractivity (Wildman–Crippen MR) is 84.0 cm³/mol. The summed E-state index contributed by atoms with van der Waals surface area (Å²) < 4.78 is 24.6. The van der Waals surface area contributed by atoms with Crippen molar-refractivity contribution in [3.8, 4) is 0 Å². The van der Waals surface area contributed by atoms with E-state index in [4.69, 9.17) is 0 Å². The lowest BCUT2D eigenvalue weighted by Gasteiger charge is -2.03. The lowest BCUT2D eigenvalue weighted by molar-refractivity contribution is 0.685. The normalized spacial score (nSPS) is 14.5. The van der Waals surface area contributed by atoms with E-state index in [9.17, 15) is 8.42 Å². The number of rotatable bonds is 5. The van der Waals surface area contributed by atoms with Gasteiger partial charge in [0.2, 0.25) is 0 Å². The SMILES string of the molecule is C=C/C(=C\S(=O)c1ccccc1)S(=O)c1ccccc1. The Bertz CT molecular complexity index is 661. The lowest BCUT2D eigenvalue weighted by atomic mass is 10.4. The van der Waals surface area contributed by atoms with E-state index in [1.54, 1.807) is 24.3 Å². The Labute approximate surface area is 123 Å². The van der Waals surface area contributed by atoms with Crippen molar-refractivity contribution >= 4 is 21.6 Å². The van der Waals surface area contributed by atoms with E-state index < -0.39 is 21.6 Å². The van der Waals surface area contributed by atoms with E-state index in [1.165, 1.54) is 11.5 Å². The molecule has 2 nitrogen and oxygen atoms in total. The van der Waals surface area contributed by atoms with Crippen LogP contribution in [0.2, 0.25) is 0 Å². The summed E-state index contributed by atoms with van der Waals surface area (Å²) in [6.07, 6.45) is 1.49. The van der Waals surface area contributed by atoms with Crippen molar-refractivity contribution in [1.82, 2.24) is 0 Å². The van der Waals surface area contributed by atoms with Crippen molar-refractivity contribution < 1.29 is 8.42 Å². The van der Waals surface area contributed by atoms with E-state index >= 15 is 0 Å². The summed E-state index contributed by atoms with van der Waals surface area (Å²) in [4.78, 5) is 1.80. The Kier molecular flexibility index (Phi) is 5.21. The molecule has 0 aliphatic carbocycles. The van der Waals surface area contributed by atoms with Crippen LogP contribution in [0.1, 0.15) is 0 Å². The number of hydrogen-bond donors (Lipinski definition) is 0. The molecule has 0 spiro atoms. The van der Waals surface area contributed by atoms with Crippen molar-refractivity contribution in [3.05, 3.63) is 83.6 Å². The summed E-state index contributed by atoms with van der Waals surface area (Å²) in [6, 6.07) is 18.1. The summed E-state index contributed by atoms with van der Waals surface area (Å²) in [6.45, 7) is 3.66. The third kappa shape index (κ3) is 3.62. The molecule has 2 aromatic carbocycles. The van der Waals surface area contributed by atoms with E-state index in [2.05, 4.69) is 6.58 Å². The van der Waals surface area contributed by atoms with Gasteiger partial charge in [-0.3, -0.25) is 0 Å². The largest absolute Gasteiger partial charge is 0.250 e. The predicted octanol–water partition coefficient (Wildman–Crippen LogP) is 3.63. The minimum absolute atomic E-state index is 0.457. The molecule has 4 heteroatoms. The minimum atomic E-state index is -1.37. The molecule has 0 fully saturated rings. The van der Waals surface area contributed by atoms with E-state index in [0.717, 1.165) is 0 Å². The standard InChI is InChI=1S/C16H14O2S2/c1-2-14(20(18)16-11-7-4-8-12-16)13-19(17)15-9-5-3-6-10-15/h2-13H,1H2/b14-13+. The average Bonchev–Trinajstić information content (AvgIpc) is 2.53. The molecule has 20 heavy (non-hydrogen) atoms. The van der Waals surface area contributed by atoms with Gasteiger partial charge >= 0.3 is 0 Å². The summed E-state index contributed by atoms with van der Waals surface area (Å²) >= 11 is 0. The van der Waals surface area contributed by atoms with Crippen LogP contribution in [0.3, 0.4) is 0 Å². The van der Waals surface area contributed by atoms with Gasteiger partial charge in [0.1, 0.15) is 0 Å². The van der Waals surface area contributed by atoms with E-state index in [-0.39, 0.29) is 0 Å². The zero-order valence-corrected chi connectivity index (χ0v) is 12.4. The Morgan fingerprint density at radius 1 is 0.850 bits per heavy atom. The zero-order valence-electron chi connectivity index (χ0n) is 10.8. The number of hydrogen-bond acceptors (Lipinski definition) is 2. The first kappa shape index (κ1) is 14.6. The number of benzene rings is 2. The maximum Gasteiger partial charge on any atom is 0.0855 e. The molecule has 0 saturated heterocycles. The first-order valence-electron chi connectivity index (χ1n) is 5.99. The average molecular weight is 302 g/mol. The maximum absolute atomic E-state index is 12.4. The second-order valence-electron chi connectivity index (χ2n) is 3.92. The van der Waals surface area contributed by atoms with Gasteiger partial charge < -0.3 is 0 Å². The van der Waals surface area contributed by atoms with Crippen LogP contribution in [0.5, 0.6) is 0 Å². The van der Waals surface area contributed by atoms with Crippen LogP contribution in [0.4, 0.5) is 0 Å². The lowest BCUT2D eigenvalue weighted by Crippen LogP contribution is -1.96. The van der Waals surface area contributed by atoms with Gasteiger partial charge in [-0.25, -0.2) is 8.42 Å². The van der Waals surface area contributed by atoms with Crippen LogP contribution in [-0.2, 0) is 21.6 Å². The van der Waals surface area contributed by atoms with E-state index in [0.29, 0.717) is 14.7 Å². The van der Waals surface area contributed by atoms with Crippen LogP contribution in [-0.4, -0.2) is 8.42 Å². The summed E-state index contributed by atoms with van der Waals surface area (Å²) in [5, 5.41) is 1.49. The maximum atomic E-state index is 12.4. The highest BCUT2D eigenvalue weighted by molar-refractivity contribution is 7.92. The van der Waals surface area contributed by atoms with Gasteiger partial charge in [-0.05, 0) is 24.3 Å². The van der Waals surface area contributed by atoms with Crippen LogP contribution in [0.15, 0.2) is 93.4 Å². The highest BCUT2D eigenvalue weighted by Gasteiger charge is 2.09. The second-order valence-corrected chi connectivity index (χ2v) is 6.70. The Balaban J connectivity index is 2.29. The fraction of sp³-hybridized carbons (Fsp3) is 0. The monoisotopic (exact) mass is 302 g/mol. The quantitative estimate of drug-likeness (QED) is 0.790. The van der Waals surface area contributed by atoms with Crippen molar-refractivity contribution in [2.75, 3.05) is 0 Å². The van der Waals surface area contributed by atoms with Crippen LogP contribution in [0.25, 0.3) is 0 Å². The van der Waals surface area contributed by atoms with Crippen molar-refractivity contribution in [3.63, 3.8) is 0 Å². The molecule has 0 saturated carbocycles. The van der Waals surface area contributed by atoms with Crippen molar-refractivity contribution in [2.24, 2.45) is 0 Å². The number of allylic oxidation sites excluding steroid dienone is 1. The smallest absolute Gasteiger partial charge is 0.0855 e. The Morgan fingerprint density at radius 2 is 1.35 bits per heavy atom. The molecule has 0 N–H and O–H groups in total. The molecular weight excluding hydrogens is 288 g/mol. The topological polar surface area (TPSA) is 34.1 Å². The fourth-order valence-electron chi connectivity index (χ4n) is 1.58. The van der Waals surface area contributed by atoms with E-state index in [1.807, 2.05) is 36.4 Å². The first-order valence-corrected chi connectivity index (χ1v) is 8.35. The molecule has 102 valence electrons. The summed E-state index contributed by atoms with van der Waals surface area (Å²) in [5.74, 6) is 0. The molecule has 0 aliphatic heterocycles. The van der Waals surface area contributed by atoms with Crippen LogP contribution in [0, 0.1) is 0 Å². The van der Waals surface area contributed by atoms with Crippen molar-refractivity contribution in [2.45, 2.75) is 9.79 Å². The van der Waals surface area contributed by atoms with Gasteiger partial charge in [0.15, 0.2) is 0 Å². The summed E-state index contributed by atoms with van der Waals surface area (Å²) in [7, 11) is -2.70. The van der Waals surface area contributed by atoms with Gasteiger partial charge in [-0.1, -0.05) is 49.1 Å². The van der Waals surface area contributed by atoms with Crippen LogP contribution >= 0.6 is 0 Å². The highest BCUT2D eigenvalue weighted by atomic mass is 32.2. The molecule has 0 radical (unpaired) electrons. The van der Waals surface area contributed by atoms with Crippen molar-refractivity contribution in [1.29, 1.82) is 0 Å². The molecule has 2 aromatic rings. The second kappa shape index (κ2) is 7.12.